The first-order valence-corrected chi connectivity index (χ1v) is 6.47. The molecule has 2 rings (SSSR count). The third kappa shape index (κ3) is 3.00. The first kappa shape index (κ1) is 13.3. The molecule has 1 heterocycles. The van der Waals surface area contributed by atoms with Crippen molar-refractivity contribution in [2.24, 2.45) is 0 Å². The molecule has 18 heavy (non-hydrogen) atoms. The molecule has 0 aliphatic carbocycles. The molecule has 4 heteroatoms. The van der Waals surface area contributed by atoms with Gasteiger partial charge in [-0.3, -0.25) is 0 Å². The normalized spacial score (nSPS) is 16.8. The third-order valence-corrected chi connectivity index (χ3v) is 3.54. The van der Waals surface area contributed by atoms with Crippen molar-refractivity contribution in [3.8, 4) is 5.75 Å². The first-order chi connectivity index (χ1) is 8.72. The van der Waals surface area contributed by atoms with Gasteiger partial charge in [-0.05, 0) is 25.0 Å². The highest BCUT2D eigenvalue weighted by Crippen LogP contribution is 2.26. The van der Waals surface area contributed by atoms with Crippen molar-refractivity contribution in [3.05, 3.63) is 29.1 Å². The number of piperazine rings is 1. The molecule has 0 atom stereocenters. The molecule has 1 aliphatic heterocycles. The Labute approximate surface area is 108 Å². The summed E-state index contributed by atoms with van der Waals surface area (Å²) < 4.78 is 18.8. The van der Waals surface area contributed by atoms with Crippen LogP contribution in [0.15, 0.2) is 12.1 Å². The third-order valence-electron chi connectivity index (χ3n) is 3.54. The van der Waals surface area contributed by atoms with Crippen LogP contribution in [0.5, 0.6) is 5.75 Å². The molecular formula is C14H21FN2O. The van der Waals surface area contributed by atoms with Gasteiger partial charge in [-0.15, -0.1) is 0 Å². The maximum absolute atomic E-state index is 13.6. The van der Waals surface area contributed by atoms with Crippen molar-refractivity contribution in [1.29, 1.82) is 0 Å². The lowest BCUT2D eigenvalue weighted by Crippen LogP contribution is -2.44. The number of aryl methyl sites for hydroxylation is 1. The number of rotatable bonds is 4. The molecule has 3 nitrogen and oxygen atoms in total. The van der Waals surface area contributed by atoms with Gasteiger partial charge in [-0.1, -0.05) is 6.07 Å². The fourth-order valence-electron chi connectivity index (χ4n) is 2.43. The molecule has 0 amide bonds. The zero-order valence-corrected chi connectivity index (χ0v) is 11.1. The van der Waals surface area contributed by atoms with Crippen LogP contribution in [-0.4, -0.2) is 44.7 Å². The maximum atomic E-state index is 13.6. The Bertz CT molecular complexity index is 403. The van der Waals surface area contributed by atoms with E-state index in [0.29, 0.717) is 5.75 Å². The van der Waals surface area contributed by atoms with E-state index in [2.05, 4.69) is 10.2 Å². The lowest BCUT2D eigenvalue weighted by atomic mass is 10.0. The summed E-state index contributed by atoms with van der Waals surface area (Å²) in [4.78, 5) is 2.40. The van der Waals surface area contributed by atoms with Gasteiger partial charge < -0.3 is 15.0 Å². The number of ether oxygens (including phenoxy) is 1. The average molecular weight is 252 g/mol. The van der Waals surface area contributed by atoms with Crippen molar-refractivity contribution < 1.29 is 9.13 Å². The summed E-state index contributed by atoms with van der Waals surface area (Å²) in [5.41, 5.74) is 2.10. The van der Waals surface area contributed by atoms with E-state index in [4.69, 9.17) is 4.74 Å². The summed E-state index contributed by atoms with van der Waals surface area (Å²) >= 11 is 0. The molecule has 0 radical (unpaired) electrons. The Balaban J connectivity index is 2.05. The Morgan fingerprint density at radius 1 is 1.33 bits per heavy atom. The predicted octanol–water partition coefficient (Wildman–Crippen LogP) is 1.59. The van der Waals surface area contributed by atoms with Gasteiger partial charge in [-0.2, -0.15) is 0 Å². The summed E-state index contributed by atoms with van der Waals surface area (Å²) in [5.74, 6) is 0.142. The quantitative estimate of drug-likeness (QED) is 0.880. The van der Waals surface area contributed by atoms with E-state index in [1.54, 1.807) is 0 Å². The van der Waals surface area contributed by atoms with Crippen LogP contribution in [0.25, 0.3) is 0 Å². The number of halogens is 1. The SMILES string of the molecule is COc1c(F)ccc(C)c1CCN1CCNCC1. The lowest BCUT2D eigenvalue weighted by Gasteiger charge is -2.27. The molecule has 1 aromatic carbocycles. The van der Waals surface area contributed by atoms with Gasteiger partial charge in [0, 0.05) is 38.3 Å². The van der Waals surface area contributed by atoms with E-state index in [1.807, 2.05) is 13.0 Å². The van der Waals surface area contributed by atoms with Crippen molar-refractivity contribution in [2.45, 2.75) is 13.3 Å². The zero-order valence-electron chi connectivity index (χ0n) is 11.1. The summed E-state index contributed by atoms with van der Waals surface area (Å²) in [5, 5.41) is 3.33. The minimum atomic E-state index is -0.265. The number of methoxy groups -OCH3 is 1. The van der Waals surface area contributed by atoms with Crippen molar-refractivity contribution in [3.63, 3.8) is 0 Å². The van der Waals surface area contributed by atoms with Crippen LogP contribution in [0.4, 0.5) is 4.39 Å². The topological polar surface area (TPSA) is 24.5 Å². The summed E-state index contributed by atoms with van der Waals surface area (Å²) in [6.07, 6.45) is 0.840. The zero-order chi connectivity index (χ0) is 13.0. The number of nitrogens with zero attached hydrogens (tertiary/aromatic N) is 1. The van der Waals surface area contributed by atoms with Crippen LogP contribution in [-0.2, 0) is 6.42 Å². The number of benzene rings is 1. The van der Waals surface area contributed by atoms with Crippen LogP contribution in [0.1, 0.15) is 11.1 Å². The Hall–Kier alpha value is -1.13. The minimum absolute atomic E-state index is 0.265. The fourth-order valence-corrected chi connectivity index (χ4v) is 2.43. The highest BCUT2D eigenvalue weighted by atomic mass is 19.1. The molecule has 0 unspecified atom stereocenters. The van der Waals surface area contributed by atoms with E-state index < -0.39 is 0 Å². The molecule has 1 aliphatic rings. The van der Waals surface area contributed by atoms with Crippen molar-refractivity contribution in [2.75, 3.05) is 39.8 Å². The molecule has 0 saturated carbocycles. The monoisotopic (exact) mass is 252 g/mol. The molecule has 0 spiro atoms. The molecule has 0 bridgehead atoms. The molecular weight excluding hydrogens is 231 g/mol. The first-order valence-electron chi connectivity index (χ1n) is 6.47. The van der Waals surface area contributed by atoms with Gasteiger partial charge in [0.15, 0.2) is 11.6 Å². The second-order valence-electron chi connectivity index (χ2n) is 4.72. The van der Waals surface area contributed by atoms with Gasteiger partial charge in [0.05, 0.1) is 7.11 Å². The van der Waals surface area contributed by atoms with E-state index in [9.17, 15) is 4.39 Å². The molecule has 0 aromatic heterocycles. The lowest BCUT2D eigenvalue weighted by molar-refractivity contribution is 0.242. The highest BCUT2D eigenvalue weighted by molar-refractivity contribution is 5.41. The number of hydrogen-bond donors (Lipinski definition) is 1. The molecule has 1 aromatic rings. The predicted molar refractivity (Wildman–Crippen MR) is 70.7 cm³/mol. The number of nitrogens with one attached hydrogen (secondary N) is 1. The van der Waals surface area contributed by atoms with Crippen LogP contribution < -0.4 is 10.1 Å². The second-order valence-corrected chi connectivity index (χ2v) is 4.72. The molecule has 1 saturated heterocycles. The molecule has 100 valence electrons. The van der Waals surface area contributed by atoms with Gasteiger partial charge in [0.2, 0.25) is 0 Å². The maximum Gasteiger partial charge on any atom is 0.165 e. The Morgan fingerprint density at radius 2 is 2.06 bits per heavy atom. The van der Waals surface area contributed by atoms with Crippen LogP contribution in [0, 0.1) is 12.7 Å². The molecule has 1 N–H and O–H groups in total. The summed E-state index contributed by atoms with van der Waals surface area (Å²) in [6.45, 7) is 7.18. The fraction of sp³-hybridized carbons (Fsp3) is 0.571. The Morgan fingerprint density at radius 3 is 2.72 bits per heavy atom. The van der Waals surface area contributed by atoms with Crippen LogP contribution in [0.2, 0.25) is 0 Å². The summed E-state index contributed by atoms with van der Waals surface area (Å²) in [6, 6.07) is 3.30. The number of hydrogen-bond acceptors (Lipinski definition) is 3. The van der Waals surface area contributed by atoms with Crippen LogP contribution in [0.3, 0.4) is 0 Å². The van der Waals surface area contributed by atoms with Gasteiger partial charge in [0.25, 0.3) is 0 Å². The second kappa shape index (κ2) is 6.16. The average Bonchev–Trinajstić information content (AvgIpc) is 2.41. The highest BCUT2D eigenvalue weighted by Gasteiger charge is 2.14. The van der Waals surface area contributed by atoms with E-state index in [1.165, 1.54) is 13.2 Å². The Kier molecular flexibility index (Phi) is 4.55. The molecule has 1 fully saturated rings. The van der Waals surface area contributed by atoms with E-state index in [-0.39, 0.29) is 5.82 Å². The van der Waals surface area contributed by atoms with E-state index >= 15 is 0 Å². The van der Waals surface area contributed by atoms with Crippen molar-refractivity contribution in [1.82, 2.24) is 10.2 Å². The standard InChI is InChI=1S/C14H21FN2O/c1-11-3-4-13(15)14(18-2)12(11)5-8-17-9-6-16-7-10-17/h3-4,16H,5-10H2,1-2H3. The van der Waals surface area contributed by atoms with Gasteiger partial charge >= 0.3 is 0 Å². The van der Waals surface area contributed by atoms with E-state index in [0.717, 1.165) is 50.3 Å². The van der Waals surface area contributed by atoms with Crippen LogP contribution >= 0.6 is 0 Å². The van der Waals surface area contributed by atoms with Crippen molar-refractivity contribution >= 4 is 0 Å². The minimum Gasteiger partial charge on any atom is -0.493 e. The smallest absolute Gasteiger partial charge is 0.165 e. The summed E-state index contributed by atoms with van der Waals surface area (Å²) in [7, 11) is 1.53. The largest absolute Gasteiger partial charge is 0.493 e. The van der Waals surface area contributed by atoms with Gasteiger partial charge in [-0.25, -0.2) is 4.39 Å². The van der Waals surface area contributed by atoms with Gasteiger partial charge in [0.1, 0.15) is 0 Å².